The van der Waals surface area contributed by atoms with Crippen LogP contribution in [0.5, 0.6) is 0 Å². The van der Waals surface area contributed by atoms with Crippen molar-refractivity contribution in [2.45, 2.75) is 58.3 Å². The number of nitrogens with one attached hydrogen (secondary N) is 1. The van der Waals surface area contributed by atoms with Crippen LogP contribution >= 0.6 is 0 Å². The second-order valence-electron chi connectivity index (χ2n) is 6.75. The second kappa shape index (κ2) is 6.28. The first-order chi connectivity index (χ1) is 9.79. The Labute approximate surface area is 126 Å². The third-order valence-electron chi connectivity index (χ3n) is 3.93. The lowest BCUT2D eigenvalue weighted by atomic mass is 10.1. The number of aromatic nitrogens is 1. The Morgan fingerprint density at radius 2 is 2.19 bits per heavy atom. The number of halogens is 1. The van der Waals surface area contributed by atoms with Gasteiger partial charge in [-0.05, 0) is 40.2 Å². The third-order valence-corrected chi connectivity index (χ3v) is 3.93. The van der Waals surface area contributed by atoms with E-state index in [1.165, 1.54) is 0 Å². The van der Waals surface area contributed by atoms with Crippen molar-refractivity contribution in [3.8, 4) is 0 Å². The number of rotatable bonds is 4. The molecule has 2 heterocycles. The Balaban J connectivity index is 2.17. The Morgan fingerprint density at radius 1 is 1.48 bits per heavy atom. The minimum Gasteiger partial charge on any atom is -0.376 e. The smallest absolute Gasteiger partial charge is 0.170 e. The fourth-order valence-electron chi connectivity index (χ4n) is 2.60. The van der Waals surface area contributed by atoms with Crippen LogP contribution in [-0.4, -0.2) is 36.3 Å². The number of nitrogens with zero attached hydrogens (tertiary/aromatic N) is 2. The molecule has 0 amide bonds. The standard InChI is InChI=1S/C16H26FN3O/c1-11-13(7-9-21-11)20(5)15-14(17)12(6-8-18-15)10-19-16(2,3)4/h6,8,11,13,19H,7,9-10H2,1-5H3. The van der Waals surface area contributed by atoms with Gasteiger partial charge in [0, 0.05) is 37.5 Å². The van der Waals surface area contributed by atoms with E-state index in [1.54, 1.807) is 12.3 Å². The predicted octanol–water partition coefficient (Wildman–Crippen LogP) is 2.72. The summed E-state index contributed by atoms with van der Waals surface area (Å²) in [6.07, 6.45) is 2.69. The molecule has 1 aromatic rings. The maximum Gasteiger partial charge on any atom is 0.170 e. The van der Waals surface area contributed by atoms with E-state index >= 15 is 0 Å². The lowest BCUT2D eigenvalue weighted by molar-refractivity contribution is 0.118. The van der Waals surface area contributed by atoms with Crippen LogP contribution in [0.2, 0.25) is 0 Å². The van der Waals surface area contributed by atoms with E-state index in [0.717, 1.165) is 13.0 Å². The zero-order valence-corrected chi connectivity index (χ0v) is 13.6. The van der Waals surface area contributed by atoms with Gasteiger partial charge in [-0.3, -0.25) is 0 Å². The highest BCUT2D eigenvalue weighted by Crippen LogP contribution is 2.26. The van der Waals surface area contributed by atoms with Crippen LogP contribution in [0.1, 0.15) is 39.7 Å². The molecule has 1 aliphatic heterocycles. The molecular weight excluding hydrogens is 269 g/mol. The summed E-state index contributed by atoms with van der Waals surface area (Å²) in [5.41, 5.74) is 0.601. The van der Waals surface area contributed by atoms with Gasteiger partial charge in [0.15, 0.2) is 11.6 Å². The van der Waals surface area contributed by atoms with Gasteiger partial charge in [0.05, 0.1) is 12.1 Å². The molecule has 0 radical (unpaired) electrons. The van der Waals surface area contributed by atoms with Crippen molar-refractivity contribution in [2.75, 3.05) is 18.6 Å². The molecule has 1 aliphatic rings. The van der Waals surface area contributed by atoms with Crippen molar-refractivity contribution >= 4 is 5.82 Å². The summed E-state index contributed by atoms with van der Waals surface area (Å²) in [7, 11) is 1.89. The fraction of sp³-hybridized carbons (Fsp3) is 0.688. The highest BCUT2D eigenvalue weighted by atomic mass is 19.1. The number of anilines is 1. The largest absolute Gasteiger partial charge is 0.376 e. The normalized spacial score (nSPS) is 22.6. The van der Waals surface area contributed by atoms with Crippen LogP contribution in [0.4, 0.5) is 10.2 Å². The Hall–Kier alpha value is -1.20. The summed E-state index contributed by atoms with van der Waals surface area (Å²) in [6, 6.07) is 1.91. The first kappa shape index (κ1) is 16.2. The van der Waals surface area contributed by atoms with E-state index < -0.39 is 0 Å². The van der Waals surface area contributed by atoms with E-state index in [2.05, 4.69) is 31.1 Å². The van der Waals surface area contributed by atoms with Gasteiger partial charge in [-0.25, -0.2) is 9.37 Å². The van der Waals surface area contributed by atoms with Gasteiger partial charge in [-0.1, -0.05) is 0 Å². The zero-order chi connectivity index (χ0) is 15.6. The number of likely N-dealkylation sites (N-methyl/N-ethyl adjacent to an activating group) is 1. The van der Waals surface area contributed by atoms with Gasteiger partial charge >= 0.3 is 0 Å². The molecule has 118 valence electrons. The van der Waals surface area contributed by atoms with Crippen molar-refractivity contribution in [3.63, 3.8) is 0 Å². The van der Waals surface area contributed by atoms with Crippen molar-refractivity contribution in [3.05, 3.63) is 23.6 Å². The molecule has 1 aromatic heterocycles. The van der Waals surface area contributed by atoms with Crippen LogP contribution in [0.25, 0.3) is 0 Å². The molecule has 1 N–H and O–H groups in total. The van der Waals surface area contributed by atoms with Crippen molar-refractivity contribution in [2.24, 2.45) is 0 Å². The molecule has 2 unspecified atom stereocenters. The molecule has 21 heavy (non-hydrogen) atoms. The van der Waals surface area contributed by atoms with E-state index in [9.17, 15) is 4.39 Å². The molecule has 0 bridgehead atoms. The van der Waals surface area contributed by atoms with Gasteiger partial charge in [-0.2, -0.15) is 0 Å². The maximum absolute atomic E-state index is 14.7. The highest BCUT2D eigenvalue weighted by molar-refractivity contribution is 5.44. The molecule has 1 saturated heterocycles. The molecular formula is C16H26FN3O. The Kier molecular flexibility index (Phi) is 4.84. The van der Waals surface area contributed by atoms with E-state index in [-0.39, 0.29) is 23.5 Å². The predicted molar refractivity (Wildman–Crippen MR) is 83.0 cm³/mol. The van der Waals surface area contributed by atoms with Crippen LogP contribution < -0.4 is 10.2 Å². The summed E-state index contributed by atoms with van der Waals surface area (Å²) < 4.78 is 20.3. The van der Waals surface area contributed by atoms with Gasteiger partial charge in [0.2, 0.25) is 0 Å². The average molecular weight is 295 g/mol. The Bertz CT molecular complexity index is 487. The SMILES string of the molecule is CC1OCCC1N(C)c1nccc(CNC(C)(C)C)c1F. The van der Waals surface area contributed by atoms with E-state index in [0.29, 0.717) is 17.9 Å². The van der Waals surface area contributed by atoms with Crippen molar-refractivity contribution < 1.29 is 9.13 Å². The van der Waals surface area contributed by atoms with Crippen LogP contribution in [-0.2, 0) is 11.3 Å². The van der Waals surface area contributed by atoms with Crippen molar-refractivity contribution in [1.29, 1.82) is 0 Å². The topological polar surface area (TPSA) is 37.4 Å². The maximum atomic E-state index is 14.7. The summed E-state index contributed by atoms with van der Waals surface area (Å²) in [6.45, 7) is 9.44. The fourth-order valence-corrected chi connectivity index (χ4v) is 2.60. The molecule has 5 heteroatoms. The van der Waals surface area contributed by atoms with Crippen LogP contribution in [0.15, 0.2) is 12.3 Å². The first-order valence-electron chi connectivity index (χ1n) is 7.52. The van der Waals surface area contributed by atoms with E-state index in [4.69, 9.17) is 4.74 Å². The molecule has 2 rings (SSSR count). The monoisotopic (exact) mass is 295 g/mol. The number of hydrogen-bond acceptors (Lipinski definition) is 4. The van der Waals surface area contributed by atoms with Crippen LogP contribution in [0.3, 0.4) is 0 Å². The van der Waals surface area contributed by atoms with Crippen LogP contribution in [0, 0.1) is 5.82 Å². The number of ether oxygens (including phenoxy) is 1. The zero-order valence-electron chi connectivity index (χ0n) is 13.6. The minimum absolute atomic E-state index is 0.0460. The van der Waals surface area contributed by atoms with Gasteiger partial charge in [0.1, 0.15) is 0 Å². The molecule has 1 fully saturated rings. The van der Waals surface area contributed by atoms with E-state index in [1.807, 2.05) is 18.9 Å². The van der Waals surface area contributed by atoms with Gasteiger partial charge in [0.25, 0.3) is 0 Å². The first-order valence-corrected chi connectivity index (χ1v) is 7.52. The number of pyridine rings is 1. The minimum atomic E-state index is -0.240. The third kappa shape index (κ3) is 3.92. The highest BCUT2D eigenvalue weighted by Gasteiger charge is 2.30. The lowest BCUT2D eigenvalue weighted by Gasteiger charge is -2.28. The molecule has 0 spiro atoms. The molecule has 4 nitrogen and oxygen atoms in total. The molecule has 0 saturated carbocycles. The summed E-state index contributed by atoms with van der Waals surface area (Å²) in [5.74, 6) is 0.168. The average Bonchev–Trinajstić information content (AvgIpc) is 2.82. The molecule has 0 aliphatic carbocycles. The molecule has 2 atom stereocenters. The van der Waals surface area contributed by atoms with Crippen molar-refractivity contribution in [1.82, 2.24) is 10.3 Å². The van der Waals surface area contributed by atoms with Gasteiger partial charge < -0.3 is 15.0 Å². The second-order valence-corrected chi connectivity index (χ2v) is 6.75. The Morgan fingerprint density at radius 3 is 2.76 bits per heavy atom. The van der Waals surface area contributed by atoms with Gasteiger partial charge in [-0.15, -0.1) is 0 Å². The quantitative estimate of drug-likeness (QED) is 0.927. The summed E-state index contributed by atoms with van der Waals surface area (Å²) in [5, 5.41) is 3.31. The summed E-state index contributed by atoms with van der Waals surface area (Å²) in [4.78, 5) is 6.14. The lowest BCUT2D eigenvalue weighted by Crippen LogP contribution is -2.38. The number of hydrogen-bond donors (Lipinski definition) is 1. The summed E-state index contributed by atoms with van der Waals surface area (Å²) >= 11 is 0. The molecule has 0 aromatic carbocycles.